The number of nitrogens with one attached hydrogen (secondary N) is 2. The van der Waals surface area contributed by atoms with E-state index in [2.05, 4.69) is 10.6 Å². The second-order valence-corrected chi connectivity index (χ2v) is 6.40. The summed E-state index contributed by atoms with van der Waals surface area (Å²) in [5.74, 6) is 0.625. The quantitative estimate of drug-likeness (QED) is 0.874. The lowest BCUT2D eigenvalue weighted by atomic mass is 10.1. The molecule has 126 valence electrons. The van der Waals surface area contributed by atoms with Crippen molar-refractivity contribution in [1.82, 2.24) is 10.6 Å². The number of hydrogen-bond acceptors (Lipinski definition) is 3. The molecule has 0 saturated carbocycles. The van der Waals surface area contributed by atoms with Crippen LogP contribution in [-0.4, -0.2) is 25.0 Å². The Morgan fingerprint density at radius 2 is 2.08 bits per heavy atom. The Bertz CT molecular complexity index is 682. The second kappa shape index (κ2) is 8.18. The molecule has 1 fully saturated rings. The summed E-state index contributed by atoms with van der Waals surface area (Å²) >= 11 is 5.87. The zero-order chi connectivity index (χ0) is 16.8. The highest BCUT2D eigenvalue weighted by atomic mass is 35.5. The first-order valence-electron chi connectivity index (χ1n) is 8.19. The van der Waals surface area contributed by atoms with Gasteiger partial charge in [-0.3, -0.25) is 4.79 Å². The van der Waals surface area contributed by atoms with Crippen molar-refractivity contribution in [3.05, 3.63) is 64.7 Å². The molecule has 2 aromatic rings. The molecule has 1 aliphatic heterocycles. The number of benzene rings is 2. The van der Waals surface area contributed by atoms with Gasteiger partial charge in [-0.1, -0.05) is 29.8 Å². The summed E-state index contributed by atoms with van der Waals surface area (Å²) in [6.45, 7) is 2.30. The first kappa shape index (κ1) is 16.8. The van der Waals surface area contributed by atoms with Crippen LogP contribution < -0.4 is 15.4 Å². The van der Waals surface area contributed by atoms with E-state index in [9.17, 15) is 4.79 Å². The van der Waals surface area contributed by atoms with Gasteiger partial charge in [-0.05, 0) is 55.3 Å². The first-order chi connectivity index (χ1) is 11.7. The van der Waals surface area contributed by atoms with Crippen molar-refractivity contribution in [1.29, 1.82) is 0 Å². The zero-order valence-electron chi connectivity index (χ0n) is 13.4. The van der Waals surface area contributed by atoms with Crippen LogP contribution >= 0.6 is 11.6 Å². The molecule has 1 saturated heterocycles. The van der Waals surface area contributed by atoms with Crippen molar-refractivity contribution in [2.45, 2.75) is 25.5 Å². The molecule has 1 unspecified atom stereocenters. The number of hydrogen-bond donors (Lipinski definition) is 2. The number of halogens is 1. The molecule has 0 aliphatic carbocycles. The Kier molecular flexibility index (Phi) is 5.72. The number of piperidine rings is 1. The largest absolute Gasteiger partial charge is 0.489 e. The second-order valence-electron chi connectivity index (χ2n) is 5.96. The van der Waals surface area contributed by atoms with Crippen molar-refractivity contribution >= 4 is 17.5 Å². The molecular formula is C19H21ClN2O2. The van der Waals surface area contributed by atoms with E-state index in [0.29, 0.717) is 22.9 Å². The standard InChI is InChI=1S/C19H21ClN2O2/c20-16-8-6-14(7-9-16)13-24-18-5-1-3-15(11-18)19(23)22-17-4-2-10-21-12-17/h1,3,5-9,11,17,21H,2,4,10,12-13H2,(H,22,23). The minimum absolute atomic E-state index is 0.0550. The smallest absolute Gasteiger partial charge is 0.251 e. The molecule has 0 radical (unpaired) electrons. The van der Waals surface area contributed by atoms with Crippen LogP contribution in [0.25, 0.3) is 0 Å². The van der Waals surface area contributed by atoms with Gasteiger partial charge in [0.1, 0.15) is 12.4 Å². The molecule has 3 rings (SSSR count). The van der Waals surface area contributed by atoms with Crippen molar-refractivity contribution in [2.75, 3.05) is 13.1 Å². The molecular weight excluding hydrogens is 324 g/mol. The van der Waals surface area contributed by atoms with Gasteiger partial charge in [0.05, 0.1) is 0 Å². The Morgan fingerprint density at radius 1 is 1.25 bits per heavy atom. The Balaban J connectivity index is 1.58. The number of rotatable bonds is 5. The predicted molar refractivity (Wildman–Crippen MR) is 95.6 cm³/mol. The van der Waals surface area contributed by atoms with Crippen LogP contribution in [0.15, 0.2) is 48.5 Å². The molecule has 24 heavy (non-hydrogen) atoms. The number of carbonyl (C=O) groups excluding carboxylic acids is 1. The van der Waals surface area contributed by atoms with Crippen molar-refractivity contribution < 1.29 is 9.53 Å². The lowest BCUT2D eigenvalue weighted by molar-refractivity contribution is 0.0930. The van der Waals surface area contributed by atoms with Crippen LogP contribution in [0.1, 0.15) is 28.8 Å². The third kappa shape index (κ3) is 4.73. The third-order valence-corrected chi connectivity index (χ3v) is 4.30. The SMILES string of the molecule is O=C(NC1CCCNC1)c1cccc(OCc2ccc(Cl)cc2)c1. The third-order valence-electron chi connectivity index (χ3n) is 4.05. The van der Waals surface area contributed by atoms with Crippen molar-refractivity contribution in [3.8, 4) is 5.75 Å². The van der Waals surface area contributed by atoms with E-state index in [-0.39, 0.29) is 11.9 Å². The average Bonchev–Trinajstić information content (AvgIpc) is 2.62. The molecule has 1 aliphatic rings. The van der Waals surface area contributed by atoms with Gasteiger partial charge in [0.2, 0.25) is 0 Å². The maximum Gasteiger partial charge on any atom is 0.251 e. The van der Waals surface area contributed by atoms with E-state index in [1.807, 2.05) is 36.4 Å². The van der Waals surface area contributed by atoms with Crippen LogP contribution in [-0.2, 0) is 6.61 Å². The van der Waals surface area contributed by atoms with Crippen LogP contribution in [0.2, 0.25) is 5.02 Å². The topological polar surface area (TPSA) is 50.4 Å². The lowest BCUT2D eigenvalue weighted by Crippen LogP contribution is -2.45. The maximum atomic E-state index is 12.4. The van der Waals surface area contributed by atoms with Gasteiger partial charge in [-0.15, -0.1) is 0 Å². The van der Waals surface area contributed by atoms with Gasteiger partial charge in [0.15, 0.2) is 0 Å². The van der Waals surface area contributed by atoms with Crippen LogP contribution in [0, 0.1) is 0 Å². The van der Waals surface area contributed by atoms with E-state index in [4.69, 9.17) is 16.3 Å². The molecule has 0 aromatic heterocycles. The minimum Gasteiger partial charge on any atom is -0.489 e. The monoisotopic (exact) mass is 344 g/mol. The molecule has 1 amide bonds. The van der Waals surface area contributed by atoms with E-state index in [0.717, 1.165) is 31.5 Å². The molecule has 1 heterocycles. The van der Waals surface area contributed by atoms with Crippen LogP contribution in [0.3, 0.4) is 0 Å². The fourth-order valence-corrected chi connectivity index (χ4v) is 2.84. The highest BCUT2D eigenvalue weighted by Crippen LogP contribution is 2.17. The number of carbonyl (C=O) groups is 1. The van der Waals surface area contributed by atoms with Gasteiger partial charge in [0, 0.05) is 23.2 Å². The van der Waals surface area contributed by atoms with Gasteiger partial charge < -0.3 is 15.4 Å². The van der Waals surface area contributed by atoms with Gasteiger partial charge in [-0.2, -0.15) is 0 Å². The summed E-state index contributed by atoms with van der Waals surface area (Å²) in [7, 11) is 0. The van der Waals surface area contributed by atoms with Gasteiger partial charge in [0.25, 0.3) is 5.91 Å². The van der Waals surface area contributed by atoms with Crippen molar-refractivity contribution in [3.63, 3.8) is 0 Å². The summed E-state index contributed by atoms with van der Waals surface area (Å²) in [6, 6.07) is 15.0. The average molecular weight is 345 g/mol. The van der Waals surface area contributed by atoms with E-state index >= 15 is 0 Å². The molecule has 1 atom stereocenters. The number of amides is 1. The highest BCUT2D eigenvalue weighted by molar-refractivity contribution is 6.30. The Hall–Kier alpha value is -2.04. The highest BCUT2D eigenvalue weighted by Gasteiger charge is 2.16. The predicted octanol–water partition coefficient (Wildman–Crippen LogP) is 3.40. The van der Waals surface area contributed by atoms with Crippen LogP contribution in [0.5, 0.6) is 5.75 Å². The van der Waals surface area contributed by atoms with Crippen molar-refractivity contribution in [2.24, 2.45) is 0 Å². The summed E-state index contributed by atoms with van der Waals surface area (Å²) in [5.41, 5.74) is 1.65. The van der Waals surface area contributed by atoms with Gasteiger partial charge in [-0.25, -0.2) is 0 Å². The zero-order valence-corrected chi connectivity index (χ0v) is 14.2. The molecule has 0 bridgehead atoms. The molecule has 0 spiro atoms. The summed E-state index contributed by atoms with van der Waals surface area (Å²) in [4.78, 5) is 12.4. The maximum absolute atomic E-state index is 12.4. The summed E-state index contributed by atoms with van der Waals surface area (Å²) < 4.78 is 5.78. The fourth-order valence-electron chi connectivity index (χ4n) is 2.72. The molecule has 2 aromatic carbocycles. The minimum atomic E-state index is -0.0550. The fraction of sp³-hybridized carbons (Fsp3) is 0.316. The number of ether oxygens (including phenoxy) is 1. The summed E-state index contributed by atoms with van der Waals surface area (Å²) in [6.07, 6.45) is 2.11. The lowest BCUT2D eigenvalue weighted by Gasteiger charge is -2.23. The molecule has 4 nitrogen and oxygen atoms in total. The Labute approximate surface area is 147 Å². The van der Waals surface area contributed by atoms with Gasteiger partial charge >= 0.3 is 0 Å². The Morgan fingerprint density at radius 3 is 2.83 bits per heavy atom. The van der Waals surface area contributed by atoms with E-state index < -0.39 is 0 Å². The first-order valence-corrected chi connectivity index (χ1v) is 8.57. The van der Waals surface area contributed by atoms with Crippen LogP contribution in [0.4, 0.5) is 0 Å². The molecule has 5 heteroatoms. The van der Waals surface area contributed by atoms with E-state index in [1.165, 1.54) is 0 Å². The van der Waals surface area contributed by atoms with E-state index in [1.54, 1.807) is 12.1 Å². The summed E-state index contributed by atoms with van der Waals surface area (Å²) in [5, 5.41) is 7.07. The normalized spacial score (nSPS) is 17.3. The molecule has 2 N–H and O–H groups in total.